The van der Waals surface area contributed by atoms with Crippen LogP contribution in [0.1, 0.15) is 68.9 Å². The van der Waals surface area contributed by atoms with E-state index in [2.05, 4.69) is 24.3 Å². The average Bonchev–Trinajstić information content (AvgIpc) is 2.89. The van der Waals surface area contributed by atoms with Crippen LogP contribution in [-0.2, 0) is 11.2 Å². The predicted molar refractivity (Wildman–Crippen MR) is 85.3 cm³/mol. The number of carbonyl (C=O) groups excluding carboxylic acids is 1. The number of aryl methyl sites for hydroxylation is 1. The molecule has 4 rings (SSSR count). The first-order valence-electron chi connectivity index (χ1n) is 8.77. The molecule has 0 saturated heterocycles. The molecule has 1 aromatic carbocycles. The average molecular weight is 282 g/mol. The maximum Gasteiger partial charge on any atom is 0.130 e. The topological polar surface area (TPSA) is 17.1 Å². The summed E-state index contributed by atoms with van der Waals surface area (Å²) in [5.74, 6) is 2.85. The molecule has 0 heterocycles. The van der Waals surface area contributed by atoms with E-state index in [1.165, 1.54) is 44.9 Å². The molecule has 0 unspecified atom stereocenters. The van der Waals surface area contributed by atoms with Crippen LogP contribution in [0.3, 0.4) is 0 Å². The summed E-state index contributed by atoms with van der Waals surface area (Å²) >= 11 is 0. The van der Waals surface area contributed by atoms with E-state index in [4.69, 9.17) is 0 Å². The molecule has 0 bridgehead atoms. The lowest BCUT2D eigenvalue weighted by Gasteiger charge is -2.50. The molecular formula is C20H26O. The Labute approximate surface area is 128 Å². The van der Waals surface area contributed by atoms with Gasteiger partial charge in [0.1, 0.15) is 5.78 Å². The first-order chi connectivity index (χ1) is 10.2. The molecule has 1 nitrogen and oxygen atoms in total. The molecule has 4 atom stereocenters. The summed E-state index contributed by atoms with van der Waals surface area (Å²) in [4.78, 5) is 11.8. The van der Waals surface area contributed by atoms with E-state index in [9.17, 15) is 4.79 Å². The second kappa shape index (κ2) is 4.97. The normalized spacial score (nSPS) is 37.5. The maximum absolute atomic E-state index is 11.8. The van der Waals surface area contributed by atoms with Crippen molar-refractivity contribution >= 4 is 5.78 Å². The maximum atomic E-state index is 11.8. The fraction of sp³-hybridized carbons (Fsp3) is 0.650. The number of hydrogen-bond acceptors (Lipinski definition) is 1. The van der Waals surface area contributed by atoms with Crippen molar-refractivity contribution in [3.8, 4) is 0 Å². The number of fused-ring (bicyclic) bond motifs is 5. The summed E-state index contributed by atoms with van der Waals surface area (Å²) in [5, 5.41) is 0. The first-order valence-corrected chi connectivity index (χ1v) is 8.77. The van der Waals surface area contributed by atoms with Crippen LogP contribution in [0.5, 0.6) is 0 Å². The zero-order valence-electron chi connectivity index (χ0n) is 13.1. The third-order valence-corrected chi connectivity index (χ3v) is 6.77. The van der Waals surface area contributed by atoms with Crippen LogP contribution in [0.2, 0.25) is 0 Å². The van der Waals surface area contributed by atoms with E-state index in [1.807, 2.05) is 0 Å². The van der Waals surface area contributed by atoms with Crippen molar-refractivity contribution < 1.29 is 4.79 Å². The number of benzene rings is 1. The Morgan fingerprint density at radius 3 is 2.90 bits per heavy atom. The van der Waals surface area contributed by atoms with Crippen LogP contribution < -0.4 is 0 Å². The zero-order chi connectivity index (χ0) is 14.4. The highest BCUT2D eigenvalue weighted by molar-refractivity contribution is 5.76. The summed E-state index contributed by atoms with van der Waals surface area (Å²) < 4.78 is 0. The smallest absolute Gasteiger partial charge is 0.130 e. The summed E-state index contributed by atoms with van der Waals surface area (Å²) in [6.45, 7) is 1.80. The van der Waals surface area contributed by atoms with Crippen molar-refractivity contribution in [1.82, 2.24) is 0 Å². The van der Waals surface area contributed by atoms with Crippen molar-refractivity contribution in [3.63, 3.8) is 0 Å². The Balaban J connectivity index is 1.68. The summed E-state index contributed by atoms with van der Waals surface area (Å²) in [6, 6.07) is 9.11. The number of rotatable bonds is 2. The zero-order valence-corrected chi connectivity index (χ0v) is 13.1. The van der Waals surface area contributed by atoms with Crippen molar-refractivity contribution in [1.29, 1.82) is 0 Å². The second-order valence-electron chi connectivity index (χ2n) is 7.79. The molecule has 0 spiro atoms. The van der Waals surface area contributed by atoms with Gasteiger partial charge in [-0.2, -0.15) is 0 Å². The Kier molecular flexibility index (Phi) is 3.20. The fourth-order valence-corrected chi connectivity index (χ4v) is 6.12. The van der Waals surface area contributed by atoms with Gasteiger partial charge in [0.05, 0.1) is 0 Å². The molecule has 0 amide bonds. The number of ketones is 1. The van der Waals surface area contributed by atoms with Gasteiger partial charge >= 0.3 is 0 Å². The van der Waals surface area contributed by atoms with E-state index in [0.29, 0.717) is 11.2 Å². The number of carbonyl (C=O) groups is 1. The lowest BCUT2D eigenvalue weighted by Crippen LogP contribution is -2.42. The minimum Gasteiger partial charge on any atom is -0.300 e. The minimum absolute atomic E-state index is 0.374. The van der Waals surface area contributed by atoms with Gasteiger partial charge in [-0.1, -0.05) is 30.7 Å². The van der Waals surface area contributed by atoms with E-state index in [-0.39, 0.29) is 0 Å². The van der Waals surface area contributed by atoms with E-state index in [0.717, 1.165) is 24.2 Å². The Morgan fingerprint density at radius 2 is 2.05 bits per heavy atom. The van der Waals surface area contributed by atoms with Gasteiger partial charge in [-0.15, -0.1) is 0 Å². The molecule has 1 heteroatoms. The van der Waals surface area contributed by atoms with Crippen LogP contribution in [0.4, 0.5) is 0 Å². The highest BCUT2D eigenvalue weighted by atomic mass is 16.1. The van der Waals surface area contributed by atoms with Crippen molar-refractivity contribution in [2.75, 3.05) is 0 Å². The van der Waals surface area contributed by atoms with Gasteiger partial charge in [0.2, 0.25) is 0 Å². The standard InChI is InChI=1S/C20H26O/c1-14(21)13-20-11-4-7-19(20)18-9-8-15-5-2-3-6-16(15)17(18)10-12-20/h2-3,5-6,17-19H,4,7-13H2,1H3/t17-,18-,19+,20+/m1/s1. The van der Waals surface area contributed by atoms with Gasteiger partial charge in [-0.05, 0) is 79.7 Å². The van der Waals surface area contributed by atoms with Crippen LogP contribution in [0.15, 0.2) is 24.3 Å². The summed E-state index contributed by atoms with van der Waals surface area (Å²) in [5.41, 5.74) is 3.60. The van der Waals surface area contributed by atoms with Gasteiger partial charge in [0.15, 0.2) is 0 Å². The van der Waals surface area contributed by atoms with Gasteiger partial charge in [-0.3, -0.25) is 0 Å². The molecule has 0 N–H and O–H groups in total. The van der Waals surface area contributed by atoms with E-state index in [1.54, 1.807) is 18.1 Å². The molecule has 3 aliphatic rings. The predicted octanol–water partition coefficient (Wildman–Crippen LogP) is 4.89. The van der Waals surface area contributed by atoms with E-state index >= 15 is 0 Å². The Morgan fingerprint density at radius 1 is 1.19 bits per heavy atom. The third-order valence-electron chi connectivity index (χ3n) is 6.77. The van der Waals surface area contributed by atoms with E-state index < -0.39 is 0 Å². The monoisotopic (exact) mass is 282 g/mol. The quantitative estimate of drug-likeness (QED) is 0.754. The lowest BCUT2D eigenvalue weighted by molar-refractivity contribution is -0.121. The summed E-state index contributed by atoms with van der Waals surface area (Å²) in [7, 11) is 0. The first kappa shape index (κ1) is 13.5. The number of hydrogen-bond donors (Lipinski definition) is 0. The third kappa shape index (κ3) is 2.08. The molecule has 0 radical (unpaired) electrons. The van der Waals surface area contributed by atoms with Crippen LogP contribution >= 0.6 is 0 Å². The summed E-state index contributed by atoms with van der Waals surface area (Å²) in [6.07, 6.45) is 10.1. The molecular weight excluding hydrogens is 256 g/mol. The Bertz CT molecular complexity index is 561. The molecule has 2 fully saturated rings. The highest BCUT2D eigenvalue weighted by Gasteiger charge is 2.52. The SMILES string of the molecule is CC(=O)C[C@@]12CCC[C@H]1[C@@H]1CCc3ccccc3[C@H]1CC2. The van der Waals surface area contributed by atoms with Gasteiger partial charge < -0.3 is 4.79 Å². The molecule has 112 valence electrons. The van der Waals surface area contributed by atoms with Crippen molar-refractivity contribution in [2.24, 2.45) is 17.3 Å². The van der Waals surface area contributed by atoms with Gasteiger partial charge in [0, 0.05) is 6.42 Å². The van der Waals surface area contributed by atoms with Crippen molar-refractivity contribution in [3.05, 3.63) is 35.4 Å². The molecule has 2 saturated carbocycles. The van der Waals surface area contributed by atoms with Crippen LogP contribution in [-0.4, -0.2) is 5.78 Å². The van der Waals surface area contributed by atoms with Crippen LogP contribution in [0, 0.1) is 17.3 Å². The molecule has 21 heavy (non-hydrogen) atoms. The molecule has 1 aromatic rings. The molecule has 0 aromatic heterocycles. The van der Waals surface area contributed by atoms with Gasteiger partial charge in [0.25, 0.3) is 0 Å². The highest BCUT2D eigenvalue weighted by Crippen LogP contribution is 2.62. The minimum atomic E-state index is 0.374. The molecule has 0 aliphatic heterocycles. The Hall–Kier alpha value is -1.11. The lowest BCUT2D eigenvalue weighted by atomic mass is 9.54. The largest absolute Gasteiger partial charge is 0.300 e. The van der Waals surface area contributed by atoms with Crippen molar-refractivity contribution in [2.45, 2.75) is 64.2 Å². The second-order valence-corrected chi connectivity index (χ2v) is 7.79. The molecule has 3 aliphatic carbocycles. The van der Waals surface area contributed by atoms with Crippen LogP contribution in [0.25, 0.3) is 0 Å². The van der Waals surface area contributed by atoms with Gasteiger partial charge in [-0.25, -0.2) is 0 Å². The number of Topliss-reactive ketones (excluding diaryl/α,β-unsaturated/α-hetero) is 1. The fourth-order valence-electron chi connectivity index (χ4n) is 6.12.